The molecule has 2 N–H and O–H groups in total. The van der Waals surface area contributed by atoms with Crippen molar-refractivity contribution in [1.29, 1.82) is 0 Å². The summed E-state index contributed by atoms with van der Waals surface area (Å²) in [4.78, 5) is 11.6. The van der Waals surface area contributed by atoms with Gasteiger partial charge in [-0.3, -0.25) is 0 Å². The Labute approximate surface area is 102 Å². The van der Waals surface area contributed by atoms with Crippen LogP contribution < -0.4 is 10.5 Å². The molecule has 0 bridgehead atoms. The Morgan fingerprint density at radius 1 is 1.29 bits per heavy atom. The molecule has 0 fully saturated rings. The van der Waals surface area contributed by atoms with E-state index in [2.05, 4.69) is 0 Å². The van der Waals surface area contributed by atoms with Crippen LogP contribution in [0, 0.1) is 5.92 Å². The molecule has 1 aromatic carbocycles. The summed E-state index contributed by atoms with van der Waals surface area (Å²) in [5.74, 6) is 0.441. The fourth-order valence-electron chi connectivity index (χ4n) is 1.19. The zero-order valence-electron chi connectivity index (χ0n) is 10.5. The summed E-state index contributed by atoms with van der Waals surface area (Å²) in [6.07, 6.45) is -0.654. The zero-order valence-corrected chi connectivity index (χ0v) is 10.5. The van der Waals surface area contributed by atoms with Crippen LogP contribution in [0.25, 0.3) is 0 Å². The van der Waals surface area contributed by atoms with Crippen LogP contribution in [0.15, 0.2) is 24.3 Å². The summed E-state index contributed by atoms with van der Waals surface area (Å²) in [6.45, 7) is 6.01. The van der Waals surface area contributed by atoms with Crippen molar-refractivity contribution in [2.45, 2.75) is 26.9 Å². The molecule has 1 rings (SSSR count). The molecule has 0 aliphatic heterocycles. The van der Waals surface area contributed by atoms with Gasteiger partial charge in [-0.25, -0.2) is 4.79 Å². The predicted molar refractivity (Wildman–Crippen MR) is 66.7 cm³/mol. The predicted octanol–water partition coefficient (Wildman–Crippen LogP) is 2.24. The lowest BCUT2D eigenvalue weighted by Gasteiger charge is -2.15. The summed E-state index contributed by atoms with van der Waals surface area (Å²) < 4.78 is 10.5. The summed E-state index contributed by atoms with van der Waals surface area (Å²) >= 11 is 0. The Morgan fingerprint density at radius 2 is 1.94 bits per heavy atom. The Kier molecular flexibility index (Phi) is 4.82. The third-order valence-electron chi connectivity index (χ3n) is 2.11. The van der Waals surface area contributed by atoms with E-state index in [0.717, 1.165) is 0 Å². The van der Waals surface area contributed by atoms with Crippen molar-refractivity contribution < 1.29 is 14.3 Å². The molecular weight excluding hydrogens is 218 g/mol. The third-order valence-corrected chi connectivity index (χ3v) is 2.11. The number of ether oxygens (including phenoxy) is 2. The molecule has 0 radical (unpaired) electrons. The molecule has 0 saturated carbocycles. The molecular formula is C13H19NO3. The molecule has 94 valence electrons. The van der Waals surface area contributed by atoms with Crippen LogP contribution in [0.4, 0.5) is 5.69 Å². The van der Waals surface area contributed by atoms with Gasteiger partial charge >= 0.3 is 5.97 Å². The largest absolute Gasteiger partial charge is 0.477 e. The Morgan fingerprint density at radius 3 is 2.53 bits per heavy atom. The number of carbonyl (C=O) groups is 1. The number of benzene rings is 1. The number of rotatable bonds is 5. The summed E-state index contributed by atoms with van der Waals surface area (Å²) in [7, 11) is 0. The van der Waals surface area contributed by atoms with Crippen LogP contribution >= 0.6 is 0 Å². The highest BCUT2D eigenvalue weighted by molar-refractivity contribution is 5.75. The molecule has 0 aliphatic carbocycles. The number of anilines is 1. The van der Waals surface area contributed by atoms with Crippen LogP contribution in [0.3, 0.4) is 0 Å². The molecule has 0 amide bonds. The lowest BCUT2D eigenvalue weighted by molar-refractivity contribution is -0.152. The van der Waals surface area contributed by atoms with Crippen molar-refractivity contribution in [2.75, 3.05) is 12.3 Å². The van der Waals surface area contributed by atoms with Gasteiger partial charge in [0.2, 0.25) is 0 Å². The van der Waals surface area contributed by atoms with Crippen molar-refractivity contribution in [3.05, 3.63) is 24.3 Å². The van der Waals surface area contributed by atoms with Gasteiger partial charge in [-0.2, -0.15) is 0 Å². The average Bonchev–Trinajstić information content (AvgIpc) is 2.28. The Bertz CT molecular complexity index is 377. The fraction of sp³-hybridized carbons (Fsp3) is 0.462. The van der Waals surface area contributed by atoms with Crippen LogP contribution in [0.2, 0.25) is 0 Å². The number of nitrogen functional groups attached to an aromatic ring is 1. The van der Waals surface area contributed by atoms with Crippen LogP contribution in [-0.4, -0.2) is 18.7 Å². The second-order valence-electron chi connectivity index (χ2n) is 4.32. The molecule has 1 aromatic rings. The summed E-state index contributed by atoms with van der Waals surface area (Å²) in [6, 6.07) is 7.06. The molecule has 4 heteroatoms. The minimum atomic E-state index is -0.654. The molecule has 0 aliphatic rings. The van der Waals surface area contributed by atoms with Crippen LogP contribution in [0.1, 0.15) is 20.8 Å². The fourth-order valence-corrected chi connectivity index (χ4v) is 1.19. The number of carbonyl (C=O) groups excluding carboxylic acids is 1. The first kappa shape index (κ1) is 13.4. The monoisotopic (exact) mass is 237 g/mol. The van der Waals surface area contributed by atoms with Crippen molar-refractivity contribution >= 4 is 11.7 Å². The highest BCUT2D eigenvalue weighted by atomic mass is 16.6. The second-order valence-corrected chi connectivity index (χ2v) is 4.32. The maximum atomic E-state index is 11.6. The van der Waals surface area contributed by atoms with E-state index in [1.807, 2.05) is 19.9 Å². The number of hydrogen-bond acceptors (Lipinski definition) is 4. The number of esters is 1. The van der Waals surface area contributed by atoms with Crippen LogP contribution in [-0.2, 0) is 9.53 Å². The van der Waals surface area contributed by atoms with Gasteiger partial charge in [-0.05, 0) is 25.0 Å². The molecule has 4 nitrogen and oxygen atoms in total. The first-order valence-electron chi connectivity index (χ1n) is 5.68. The maximum absolute atomic E-state index is 11.6. The standard InChI is InChI=1S/C13H19NO3/c1-9(2)8-16-13(15)10(3)17-12-7-5-4-6-11(12)14/h4-7,9-10H,8,14H2,1-3H3. The first-order chi connectivity index (χ1) is 8.00. The highest BCUT2D eigenvalue weighted by Crippen LogP contribution is 2.21. The van der Waals surface area contributed by atoms with Gasteiger partial charge in [-0.1, -0.05) is 26.0 Å². The van der Waals surface area contributed by atoms with Gasteiger partial charge < -0.3 is 15.2 Å². The number of hydrogen-bond donors (Lipinski definition) is 1. The average molecular weight is 237 g/mol. The van der Waals surface area contributed by atoms with Gasteiger partial charge in [0.15, 0.2) is 6.10 Å². The lowest BCUT2D eigenvalue weighted by atomic mass is 10.2. The first-order valence-corrected chi connectivity index (χ1v) is 5.68. The van der Waals surface area contributed by atoms with Crippen molar-refractivity contribution in [3.63, 3.8) is 0 Å². The third kappa shape index (κ3) is 4.34. The van der Waals surface area contributed by atoms with E-state index >= 15 is 0 Å². The highest BCUT2D eigenvalue weighted by Gasteiger charge is 2.17. The van der Waals surface area contributed by atoms with E-state index < -0.39 is 6.10 Å². The van der Waals surface area contributed by atoms with Crippen molar-refractivity contribution in [3.8, 4) is 5.75 Å². The van der Waals surface area contributed by atoms with E-state index in [1.165, 1.54) is 0 Å². The summed E-state index contributed by atoms with van der Waals surface area (Å²) in [5, 5.41) is 0. The van der Waals surface area contributed by atoms with E-state index in [0.29, 0.717) is 24.0 Å². The normalized spacial score (nSPS) is 12.2. The van der Waals surface area contributed by atoms with Gasteiger partial charge in [0.25, 0.3) is 0 Å². The number of para-hydroxylation sites is 2. The van der Waals surface area contributed by atoms with E-state index in [1.54, 1.807) is 25.1 Å². The molecule has 0 heterocycles. The van der Waals surface area contributed by atoms with Crippen molar-refractivity contribution in [1.82, 2.24) is 0 Å². The minimum Gasteiger partial charge on any atom is -0.477 e. The minimum absolute atomic E-state index is 0.313. The molecule has 1 unspecified atom stereocenters. The smallest absolute Gasteiger partial charge is 0.347 e. The second kappa shape index (κ2) is 6.13. The van der Waals surface area contributed by atoms with Gasteiger partial charge in [0, 0.05) is 0 Å². The van der Waals surface area contributed by atoms with Gasteiger partial charge in [-0.15, -0.1) is 0 Å². The van der Waals surface area contributed by atoms with E-state index in [4.69, 9.17) is 15.2 Å². The Hall–Kier alpha value is -1.71. The molecule has 0 spiro atoms. The molecule has 1 atom stereocenters. The topological polar surface area (TPSA) is 61.5 Å². The van der Waals surface area contributed by atoms with Gasteiger partial charge in [0.05, 0.1) is 12.3 Å². The SMILES string of the molecule is CC(C)COC(=O)C(C)Oc1ccccc1N. The maximum Gasteiger partial charge on any atom is 0.347 e. The molecule has 0 saturated heterocycles. The molecule has 17 heavy (non-hydrogen) atoms. The molecule has 0 aromatic heterocycles. The summed E-state index contributed by atoms with van der Waals surface area (Å²) in [5.41, 5.74) is 6.22. The zero-order chi connectivity index (χ0) is 12.8. The van der Waals surface area contributed by atoms with E-state index in [9.17, 15) is 4.79 Å². The quantitative estimate of drug-likeness (QED) is 0.630. The lowest BCUT2D eigenvalue weighted by Crippen LogP contribution is -2.27. The number of nitrogens with two attached hydrogens (primary N) is 1. The Balaban J connectivity index is 2.51. The van der Waals surface area contributed by atoms with Gasteiger partial charge in [0.1, 0.15) is 5.75 Å². The van der Waals surface area contributed by atoms with Crippen molar-refractivity contribution in [2.24, 2.45) is 5.92 Å². The van der Waals surface area contributed by atoms with Crippen LogP contribution in [0.5, 0.6) is 5.75 Å². The van der Waals surface area contributed by atoms with E-state index in [-0.39, 0.29) is 5.97 Å².